The second-order valence-electron chi connectivity index (χ2n) is 10.3. The molecule has 2 aromatic carbocycles. The number of methoxy groups -OCH3 is 1. The van der Waals surface area contributed by atoms with Crippen LogP contribution in [0.2, 0.25) is 0 Å². The van der Waals surface area contributed by atoms with Crippen LogP contribution in [0.5, 0.6) is 17.2 Å². The highest BCUT2D eigenvalue weighted by molar-refractivity contribution is 6.46. The lowest BCUT2D eigenvalue weighted by Gasteiger charge is -2.29. The quantitative estimate of drug-likeness (QED) is 0.250. The number of rotatable bonds is 11. The molecule has 2 fully saturated rings. The van der Waals surface area contributed by atoms with Gasteiger partial charge in [0.05, 0.1) is 44.6 Å². The number of carbonyl (C=O) groups excluding carboxylic acids is 2. The van der Waals surface area contributed by atoms with Crippen molar-refractivity contribution in [3.8, 4) is 17.2 Å². The van der Waals surface area contributed by atoms with Gasteiger partial charge in [0.1, 0.15) is 11.5 Å². The summed E-state index contributed by atoms with van der Waals surface area (Å²) in [5.41, 5.74) is 1.98. The van der Waals surface area contributed by atoms with E-state index >= 15 is 0 Å². The van der Waals surface area contributed by atoms with Gasteiger partial charge in [-0.1, -0.05) is 6.07 Å². The highest BCUT2D eigenvalue weighted by Crippen LogP contribution is 2.42. The molecule has 0 saturated carbocycles. The van der Waals surface area contributed by atoms with Crippen LogP contribution in [0.1, 0.15) is 49.9 Å². The van der Waals surface area contributed by atoms with Gasteiger partial charge in [-0.3, -0.25) is 14.5 Å². The molecule has 1 N–H and O–H groups in total. The fourth-order valence-corrected chi connectivity index (χ4v) is 5.21. The summed E-state index contributed by atoms with van der Waals surface area (Å²) >= 11 is 0. The minimum atomic E-state index is -0.777. The van der Waals surface area contributed by atoms with E-state index in [4.69, 9.17) is 18.9 Å². The van der Waals surface area contributed by atoms with Crippen LogP contribution in [-0.2, 0) is 14.3 Å². The van der Waals surface area contributed by atoms with Crippen molar-refractivity contribution in [2.24, 2.45) is 0 Å². The Kier molecular flexibility index (Phi) is 9.71. The number of ether oxygens (including phenoxy) is 4. The lowest BCUT2D eigenvalue weighted by atomic mass is 9.94. The number of hydrogen-bond acceptors (Lipinski definition) is 8. The van der Waals surface area contributed by atoms with Gasteiger partial charge in [-0.25, -0.2) is 0 Å². The number of hydrogen-bond donors (Lipinski definition) is 1. The lowest BCUT2D eigenvalue weighted by Crippen LogP contribution is -2.39. The highest BCUT2D eigenvalue weighted by Gasteiger charge is 2.46. The van der Waals surface area contributed by atoms with Crippen LogP contribution in [0.4, 0.5) is 0 Å². The standard InChI is InChI=1S/C31H40N2O7/c1-6-39-25-11-8-22(19-26(25)37-5)28-27(29(34)23-9-10-24(21(4)18-23)40-20(2)3)30(35)31(36)33(28)13-7-12-32-14-16-38-17-15-32/h8-11,18-20,28,34H,6-7,12-17H2,1-5H3/t28-/m0/s1. The molecule has 216 valence electrons. The Balaban J connectivity index is 1.73. The molecule has 1 atom stereocenters. The fraction of sp³-hybridized carbons (Fsp3) is 0.484. The van der Waals surface area contributed by atoms with E-state index in [0.717, 1.165) is 25.2 Å². The summed E-state index contributed by atoms with van der Waals surface area (Å²) in [6, 6.07) is 9.84. The number of carbonyl (C=O) groups is 2. The Morgan fingerprint density at radius 2 is 1.77 bits per heavy atom. The molecular formula is C31H40N2O7. The maximum atomic E-state index is 13.5. The van der Waals surface area contributed by atoms with Crippen molar-refractivity contribution in [3.05, 3.63) is 58.7 Å². The van der Waals surface area contributed by atoms with Gasteiger partial charge in [-0.05, 0) is 75.6 Å². The zero-order valence-corrected chi connectivity index (χ0v) is 24.1. The third-order valence-corrected chi connectivity index (χ3v) is 7.13. The van der Waals surface area contributed by atoms with E-state index in [1.165, 1.54) is 0 Å². The zero-order chi connectivity index (χ0) is 28.8. The first-order chi connectivity index (χ1) is 19.2. The molecular weight excluding hydrogens is 512 g/mol. The van der Waals surface area contributed by atoms with Gasteiger partial charge in [-0.15, -0.1) is 0 Å². The molecule has 1 amide bonds. The van der Waals surface area contributed by atoms with E-state index < -0.39 is 17.7 Å². The molecule has 2 heterocycles. The molecule has 2 aromatic rings. The van der Waals surface area contributed by atoms with Gasteiger partial charge in [0, 0.05) is 31.7 Å². The second-order valence-corrected chi connectivity index (χ2v) is 10.3. The number of morpholine rings is 1. The lowest BCUT2D eigenvalue weighted by molar-refractivity contribution is -0.140. The van der Waals surface area contributed by atoms with Crippen LogP contribution in [0.3, 0.4) is 0 Å². The monoisotopic (exact) mass is 552 g/mol. The Bertz CT molecular complexity index is 1250. The fourth-order valence-electron chi connectivity index (χ4n) is 5.21. The van der Waals surface area contributed by atoms with Crippen LogP contribution < -0.4 is 14.2 Å². The molecule has 0 unspecified atom stereocenters. The summed E-state index contributed by atoms with van der Waals surface area (Å²) in [7, 11) is 1.55. The number of amides is 1. The first-order valence-corrected chi connectivity index (χ1v) is 13.9. The number of likely N-dealkylation sites (tertiary alicyclic amines) is 1. The summed E-state index contributed by atoms with van der Waals surface area (Å²) in [6.45, 7) is 12.3. The molecule has 2 saturated heterocycles. The van der Waals surface area contributed by atoms with E-state index in [-0.39, 0.29) is 17.4 Å². The molecule has 0 bridgehead atoms. The maximum absolute atomic E-state index is 13.5. The number of aliphatic hydroxyl groups is 1. The van der Waals surface area contributed by atoms with E-state index in [2.05, 4.69) is 4.90 Å². The molecule has 0 radical (unpaired) electrons. The smallest absolute Gasteiger partial charge is 0.295 e. The van der Waals surface area contributed by atoms with Crippen molar-refractivity contribution < 1.29 is 33.6 Å². The van der Waals surface area contributed by atoms with E-state index in [0.29, 0.717) is 61.2 Å². The van der Waals surface area contributed by atoms with Crippen LogP contribution in [0.25, 0.3) is 5.76 Å². The van der Waals surface area contributed by atoms with Crippen molar-refractivity contribution in [1.82, 2.24) is 9.80 Å². The summed E-state index contributed by atoms with van der Waals surface area (Å²) in [4.78, 5) is 30.7. The third kappa shape index (κ3) is 6.42. The first kappa shape index (κ1) is 29.4. The average molecular weight is 553 g/mol. The van der Waals surface area contributed by atoms with Gasteiger partial charge in [0.25, 0.3) is 11.7 Å². The Hall–Kier alpha value is -3.56. The molecule has 2 aliphatic rings. The van der Waals surface area contributed by atoms with Gasteiger partial charge in [0.15, 0.2) is 11.5 Å². The highest BCUT2D eigenvalue weighted by atomic mass is 16.5. The average Bonchev–Trinajstić information content (AvgIpc) is 3.19. The Morgan fingerprint density at radius 1 is 1.05 bits per heavy atom. The third-order valence-electron chi connectivity index (χ3n) is 7.13. The SMILES string of the molecule is CCOc1ccc([C@H]2C(=C(O)c3ccc(OC(C)C)c(C)c3)C(=O)C(=O)N2CCCN2CCOCC2)cc1OC. The Morgan fingerprint density at radius 3 is 2.42 bits per heavy atom. The van der Waals surface area contributed by atoms with Gasteiger partial charge in [-0.2, -0.15) is 0 Å². The Labute approximate surface area is 236 Å². The maximum Gasteiger partial charge on any atom is 0.295 e. The van der Waals surface area contributed by atoms with Gasteiger partial charge < -0.3 is 29.0 Å². The predicted molar refractivity (Wildman–Crippen MR) is 152 cm³/mol. The zero-order valence-electron chi connectivity index (χ0n) is 24.1. The molecule has 40 heavy (non-hydrogen) atoms. The topological polar surface area (TPSA) is 97.8 Å². The summed E-state index contributed by atoms with van der Waals surface area (Å²) < 4.78 is 22.5. The van der Waals surface area contributed by atoms with E-state index in [9.17, 15) is 14.7 Å². The number of aryl methyl sites for hydroxylation is 1. The summed E-state index contributed by atoms with van der Waals surface area (Å²) in [5, 5.41) is 11.5. The van der Waals surface area contributed by atoms with Crippen molar-refractivity contribution in [2.45, 2.75) is 46.3 Å². The number of benzene rings is 2. The van der Waals surface area contributed by atoms with E-state index in [1.807, 2.05) is 33.8 Å². The number of nitrogens with zero attached hydrogens (tertiary/aromatic N) is 2. The van der Waals surface area contributed by atoms with E-state index in [1.54, 1.807) is 42.3 Å². The largest absolute Gasteiger partial charge is 0.507 e. The number of Topliss-reactive ketones (excluding diaryl/α,β-unsaturated/α-hetero) is 1. The molecule has 0 aliphatic carbocycles. The molecule has 2 aliphatic heterocycles. The van der Waals surface area contributed by atoms with Crippen molar-refractivity contribution in [1.29, 1.82) is 0 Å². The molecule has 4 rings (SSSR count). The normalized spacial score (nSPS) is 19.4. The van der Waals surface area contributed by atoms with Crippen molar-refractivity contribution >= 4 is 17.4 Å². The number of ketones is 1. The minimum absolute atomic E-state index is 0.00410. The first-order valence-electron chi connectivity index (χ1n) is 13.9. The molecule has 0 spiro atoms. The van der Waals surface area contributed by atoms with Gasteiger partial charge >= 0.3 is 0 Å². The van der Waals surface area contributed by atoms with Crippen LogP contribution in [-0.4, -0.2) is 85.8 Å². The predicted octanol–water partition coefficient (Wildman–Crippen LogP) is 4.33. The summed E-state index contributed by atoms with van der Waals surface area (Å²) in [6.07, 6.45) is 0.675. The van der Waals surface area contributed by atoms with Crippen LogP contribution in [0, 0.1) is 6.92 Å². The summed E-state index contributed by atoms with van der Waals surface area (Å²) in [5.74, 6) is 0.201. The molecule has 9 heteroatoms. The number of aliphatic hydroxyl groups excluding tert-OH is 1. The van der Waals surface area contributed by atoms with Crippen molar-refractivity contribution in [3.63, 3.8) is 0 Å². The molecule has 0 aromatic heterocycles. The van der Waals surface area contributed by atoms with Gasteiger partial charge in [0.2, 0.25) is 0 Å². The van der Waals surface area contributed by atoms with Crippen molar-refractivity contribution in [2.75, 3.05) is 53.1 Å². The van der Waals surface area contributed by atoms with Crippen LogP contribution in [0.15, 0.2) is 42.0 Å². The molecule has 9 nitrogen and oxygen atoms in total. The van der Waals surface area contributed by atoms with Crippen LogP contribution >= 0.6 is 0 Å². The second kappa shape index (κ2) is 13.2. The minimum Gasteiger partial charge on any atom is -0.507 e.